The number of anilines is 1. The number of carbonyl (C=O) groups excluding carboxylic acids is 3. The molecule has 2 aliphatic heterocycles. The molecule has 2 amide bonds. The van der Waals surface area contributed by atoms with Crippen LogP contribution >= 0.6 is 22.6 Å². The van der Waals surface area contributed by atoms with Gasteiger partial charge in [-0.3, -0.25) is 15.0 Å². The molecule has 2 atom stereocenters. The highest BCUT2D eigenvalue weighted by atomic mass is 127. The standard InChI is InChI=1S/C14H12IN3O4/c1-2-22-14(21)11-9-10(16-17-11)13(20)18(12(9)19)8-5-3-7(15)4-6-8/h3-6,9-10,16H,2H2,1H3/t9-,10-/m0/s1. The number of imide groups is 1. The SMILES string of the molecule is CCOC(=O)C1=NN[C@@H]2C(=O)N(c3ccc(I)cc3)C(=O)[C@H]12. The molecule has 7 nitrogen and oxygen atoms in total. The van der Waals surface area contributed by atoms with Crippen molar-refractivity contribution >= 4 is 51.8 Å². The zero-order chi connectivity index (χ0) is 15.9. The van der Waals surface area contributed by atoms with Crippen LogP contribution < -0.4 is 10.3 Å². The minimum atomic E-state index is -0.925. The van der Waals surface area contributed by atoms with Crippen molar-refractivity contribution in [3.63, 3.8) is 0 Å². The predicted molar refractivity (Wildman–Crippen MR) is 86.1 cm³/mol. The lowest BCUT2D eigenvalue weighted by Gasteiger charge is -2.15. The van der Waals surface area contributed by atoms with Crippen LogP contribution in [0, 0.1) is 9.49 Å². The van der Waals surface area contributed by atoms with Gasteiger partial charge in [0.15, 0.2) is 5.71 Å². The predicted octanol–water partition coefficient (Wildman–Crippen LogP) is 0.671. The van der Waals surface area contributed by atoms with Crippen LogP contribution in [0.4, 0.5) is 5.69 Å². The molecule has 1 aromatic rings. The maximum absolute atomic E-state index is 12.6. The maximum Gasteiger partial charge on any atom is 0.355 e. The summed E-state index contributed by atoms with van der Waals surface area (Å²) in [4.78, 5) is 37.9. The highest BCUT2D eigenvalue weighted by Gasteiger charge is 2.55. The molecule has 3 rings (SSSR count). The van der Waals surface area contributed by atoms with Crippen LogP contribution in [-0.4, -0.2) is 36.1 Å². The normalized spacial score (nSPS) is 23.2. The first kappa shape index (κ1) is 14.9. The third-order valence-corrected chi connectivity index (χ3v) is 4.21. The van der Waals surface area contributed by atoms with Gasteiger partial charge in [0.05, 0.1) is 12.3 Å². The number of fused-ring (bicyclic) bond motifs is 1. The first-order valence-corrected chi connectivity index (χ1v) is 7.76. The highest BCUT2D eigenvalue weighted by Crippen LogP contribution is 2.31. The van der Waals surface area contributed by atoms with E-state index in [4.69, 9.17) is 4.74 Å². The van der Waals surface area contributed by atoms with Gasteiger partial charge in [0, 0.05) is 3.57 Å². The molecule has 0 saturated carbocycles. The Balaban J connectivity index is 1.91. The number of esters is 1. The summed E-state index contributed by atoms with van der Waals surface area (Å²) in [5.41, 5.74) is 3.01. The average molecular weight is 413 g/mol. The monoisotopic (exact) mass is 413 g/mol. The van der Waals surface area contributed by atoms with Gasteiger partial charge in [0.1, 0.15) is 12.0 Å². The molecular formula is C14H12IN3O4. The van der Waals surface area contributed by atoms with Crippen molar-refractivity contribution < 1.29 is 19.1 Å². The van der Waals surface area contributed by atoms with Crippen LogP contribution in [0.5, 0.6) is 0 Å². The van der Waals surface area contributed by atoms with Crippen molar-refractivity contribution in [2.24, 2.45) is 11.0 Å². The van der Waals surface area contributed by atoms with E-state index in [0.717, 1.165) is 8.47 Å². The van der Waals surface area contributed by atoms with Gasteiger partial charge in [-0.15, -0.1) is 0 Å². The lowest BCUT2D eigenvalue weighted by Crippen LogP contribution is -2.36. The molecule has 0 unspecified atom stereocenters. The Hall–Kier alpha value is -1.97. The molecule has 8 heteroatoms. The Morgan fingerprint density at radius 1 is 1.32 bits per heavy atom. The topological polar surface area (TPSA) is 88.1 Å². The molecule has 1 saturated heterocycles. The molecule has 0 aliphatic carbocycles. The highest BCUT2D eigenvalue weighted by molar-refractivity contribution is 14.1. The van der Waals surface area contributed by atoms with Gasteiger partial charge >= 0.3 is 5.97 Å². The van der Waals surface area contributed by atoms with Gasteiger partial charge in [-0.2, -0.15) is 5.10 Å². The molecule has 2 aliphatic rings. The summed E-state index contributed by atoms with van der Waals surface area (Å²) < 4.78 is 5.87. The van der Waals surface area contributed by atoms with Crippen LogP contribution in [0.3, 0.4) is 0 Å². The van der Waals surface area contributed by atoms with Crippen molar-refractivity contribution in [1.82, 2.24) is 5.43 Å². The summed E-state index contributed by atoms with van der Waals surface area (Å²) in [5.74, 6) is -2.48. The summed E-state index contributed by atoms with van der Waals surface area (Å²) in [7, 11) is 0. The van der Waals surface area contributed by atoms with E-state index in [2.05, 4.69) is 33.1 Å². The fraction of sp³-hybridized carbons (Fsp3) is 0.286. The first-order valence-electron chi connectivity index (χ1n) is 6.68. The number of hydrogen-bond donors (Lipinski definition) is 1. The first-order chi connectivity index (χ1) is 10.5. The number of nitrogens with one attached hydrogen (secondary N) is 1. The smallest absolute Gasteiger partial charge is 0.355 e. The molecule has 0 aromatic heterocycles. The van der Waals surface area contributed by atoms with Crippen molar-refractivity contribution in [2.75, 3.05) is 11.5 Å². The van der Waals surface area contributed by atoms with E-state index in [0.29, 0.717) is 5.69 Å². The Morgan fingerprint density at radius 3 is 2.64 bits per heavy atom. The Kier molecular flexibility index (Phi) is 3.85. The summed E-state index contributed by atoms with van der Waals surface area (Å²) >= 11 is 2.14. The molecule has 0 radical (unpaired) electrons. The Labute approximate surface area is 139 Å². The number of ether oxygens (including phenoxy) is 1. The molecule has 1 fully saturated rings. The van der Waals surface area contributed by atoms with Crippen molar-refractivity contribution in [3.05, 3.63) is 27.8 Å². The minimum absolute atomic E-state index is 0.0433. The average Bonchev–Trinajstić information content (AvgIpc) is 3.03. The van der Waals surface area contributed by atoms with Gasteiger partial charge in [-0.1, -0.05) is 0 Å². The third kappa shape index (κ3) is 2.27. The Morgan fingerprint density at radius 2 is 2.00 bits per heavy atom. The largest absolute Gasteiger partial charge is 0.461 e. The maximum atomic E-state index is 12.6. The summed E-state index contributed by atoms with van der Waals surface area (Å²) in [6.07, 6.45) is 0. The van der Waals surface area contributed by atoms with Gasteiger partial charge in [0.25, 0.3) is 5.91 Å². The van der Waals surface area contributed by atoms with Crippen LogP contribution in [-0.2, 0) is 19.1 Å². The van der Waals surface area contributed by atoms with Crippen LogP contribution in [0.25, 0.3) is 0 Å². The minimum Gasteiger partial charge on any atom is -0.461 e. The number of carbonyl (C=O) groups is 3. The lowest BCUT2D eigenvalue weighted by atomic mass is 9.99. The molecule has 1 N–H and O–H groups in total. The van der Waals surface area contributed by atoms with E-state index in [1.807, 2.05) is 0 Å². The van der Waals surface area contributed by atoms with E-state index < -0.39 is 29.7 Å². The van der Waals surface area contributed by atoms with Crippen LogP contribution in [0.2, 0.25) is 0 Å². The van der Waals surface area contributed by atoms with Crippen LogP contribution in [0.15, 0.2) is 29.4 Å². The molecule has 1 aromatic carbocycles. The van der Waals surface area contributed by atoms with Crippen molar-refractivity contribution in [3.8, 4) is 0 Å². The molecule has 2 heterocycles. The van der Waals surface area contributed by atoms with E-state index in [9.17, 15) is 14.4 Å². The number of hydrogen-bond acceptors (Lipinski definition) is 6. The number of nitrogens with zero attached hydrogens (tertiary/aromatic N) is 2. The fourth-order valence-corrected chi connectivity index (χ4v) is 2.87. The van der Waals surface area contributed by atoms with Crippen molar-refractivity contribution in [1.29, 1.82) is 0 Å². The molecule has 114 valence electrons. The Bertz CT molecular complexity index is 686. The quantitative estimate of drug-likeness (QED) is 0.447. The number of hydrazone groups is 1. The third-order valence-electron chi connectivity index (χ3n) is 3.49. The molecular weight excluding hydrogens is 401 g/mol. The lowest BCUT2D eigenvalue weighted by molar-refractivity contribution is -0.136. The summed E-state index contributed by atoms with van der Waals surface area (Å²) in [6, 6.07) is 6.15. The molecule has 22 heavy (non-hydrogen) atoms. The number of rotatable bonds is 3. The van der Waals surface area contributed by atoms with Crippen LogP contribution in [0.1, 0.15) is 6.92 Å². The summed E-state index contributed by atoms with van der Waals surface area (Å²) in [5, 5.41) is 3.80. The van der Waals surface area contributed by atoms with Crippen molar-refractivity contribution in [2.45, 2.75) is 13.0 Å². The molecule has 0 spiro atoms. The summed E-state index contributed by atoms with van der Waals surface area (Å²) in [6.45, 7) is 1.84. The second-order valence-corrected chi connectivity index (χ2v) is 6.04. The van der Waals surface area contributed by atoms with E-state index in [1.54, 1.807) is 31.2 Å². The van der Waals surface area contributed by atoms with Gasteiger partial charge < -0.3 is 4.74 Å². The van der Waals surface area contributed by atoms with E-state index >= 15 is 0 Å². The number of halogens is 1. The zero-order valence-corrected chi connectivity index (χ0v) is 13.7. The second kappa shape index (κ2) is 5.67. The van der Waals surface area contributed by atoms with Gasteiger partial charge in [0.2, 0.25) is 5.91 Å². The fourth-order valence-electron chi connectivity index (χ4n) is 2.51. The van der Waals surface area contributed by atoms with Gasteiger partial charge in [-0.05, 0) is 53.8 Å². The number of benzene rings is 1. The van der Waals surface area contributed by atoms with Gasteiger partial charge in [-0.25, -0.2) is 9.69 Å². The second-order valence-electron chi connectivity index (χ2n) is 4.79. The van der Waals surface area contributed by atoms with E-state index in [-0.39, 0.29) is 12.3 Å². The molecule has 0 bridgehead atoms. The van der Waals surface area contributed by atoms with E-state index in [1.165, 1.54) is 0 Å². The zero-order valence-electron chi connectivity index (χ0n) is 11.6. The number of amides is 2.